The Morgan fingerprint density at radius 1 is 0.593 bits per heavy atom. The van der Waals surface area contributed by atoms with Gasteiger partial charge in [-0.3, -0.25) is 4.98 Å². The fraction of sp³-hybridized carbons (Fsp3) is 0. The summed E-state index contributed by atoms with van der Waals surface area (Å²) in [5, 5.41) is 4.39. The maximum Gasteiger partial charge on any atom is 0.226 e. The Hall–Kier alpha value is -3.37. The van der Waals surface area contributed by atoms with Crippen molar-refractivity contribution in [3.63, 3.8) is 0 Å². The molecule has 0 aliphatic carbocycles. The molecule has 0 spiro atoms. The van der Waals surface area contributed by atoms with Gasteiger partial charge in [-0.1, -0.05) is 66.7 Å². The van der Waals surface area contributed by atoms with E-state index in [1.165, 1.54) is 0 Å². The third kappa shape index (κ3) is 2.80. The normalized spacial score (nSPS) is 11.1. The van der Waals surface area contributed by atoms with Gasteiger partial charge in [-0.15, -0.1) is 0 Å². The standard InChI is InChI=1S/C22H13ClN4/c23-22-26-20(18-11-5-8-14-6-1-3-9-16(14)18)25-21(27-22)19-17-10-4-2-7-15(17)12-13-24-19/h1-13H. The number of hydrogen-bond acceptors (Lipinski definition) is 4. The maximum atomic E-state index is 6.26. The van der Waals surface area contributed by atoms with Gasteiger partial charge in [-0.25, -0.2) is 4.98 Å². The number of pyridine rings is 1. The summed E-state index contributed by atoms with van der Waals surface area (Å²) in [6.07, 6.45) is 1.76. The molecule has 5 aromatic rings. The summed E-state index contributed by atoms with van der Waals surface area (Å²) >= 11 is 6.26. The smallest absolute Gasteiger partial charge is 0.226 e. The van der Waals surface area contributed by atoms with Crippen molar-refractivity contribution in [3.05, 3.63) is 84.3 Å². The van der Waals surface area contributed by atoms with Crippen molar-refractivity contribution in [3.8, 4) is 22.9 Å². The van der Waals surface area contributed by atoms with Crippen LogP contribution in [0.4, 0.5) is 0 Å². The topological polar surface area (TPSA) is 51.6 Å². The van der Waals surface area contributed by atoms with Crippen LogP contribution in [0, 0.1) is 0 Å². The summed E-state index contributed by atoms with van der Waals surface area (Å²) in [5.74, 6) is 1.01. The molecule has 0 aliphatic rings. The first kappa shape index (κ1) is 15.9. The molecule has 4 nitrogen and oxygen atoms in total. The highest BCUT2D eigenvalue weighted by Crippen LogP contribution is 2.29. The predicted octanol–water partition coefficient (Wildman–Crippen LogP) is 5.56. The number of aromatic nitrogens is 4. The second-order valence-corrected chi connectivity index (χ2v) is 6.50. The lowest BCUT2D eigenvalue weighted by atomic mass is 10.0. The van der Waals surface area contributed by atoms with Crippen molar-refractivity contribution in [1.29, 1.82) is 0 Å². The number of benzene rings is 3. The van der Waals surface area contributed by atoms with Gasteiger partial charge in [0.25, 0.3) is 0 Å². The highest BCUT2D eigenvalue weighted by molar-refractivity contribution is 6.28. The van der Waals surface area contributed by atoms with E-state index < -0.39 is 0 Å². The monoisotopic (exact) mass is 368 g/mol. The van der Waals surface area contributed by atoms with Crippen LogP contribution in [-0.4, -0.2) is 19.9 Å². The molecule has 0 amide bonds. The van der Waals surface area contributed by atoms with Gasteiger partial charge in [0.1, 0.15) is 5.69 Å². The summed E-state index contributed by atoms with van der Waals surface area (Å²) in [4.78, 5) is 17.9. The quantitative estimate of drug-likeness (QED) is 0.409. The average Bonchev–Trinajstić information content (AvgIpc) is 2.72. The predicted molar refractivity (Wildman–Crippen MR) is 109 cm³/mol. The minimum absolute atomic E-state index is 0.151. The summed E-state index contributed by atoms with van der Waals surface area (Å²) in [5.41, 5.74) is 1.61. The molecule has 3 aromatic carbocycles. The van der Waals surface area contributed by atoms with Gasteiger partial charge in [0.05, 0.1) is 0 Å². The number of halogens is 1. The van der Waals surface area contributed by atoms with E-state index in [1.54, 1.807) is 6.20 Å². The molecule has 0 radical (unpaired) electrons. The van der Waals surface area contributed by atoms with Crippen LogP contribution < -0.4 is 0 Å². The van der Waals surface area contributed by atoms with Crippen molar-refractivity contribution in [1.82, 2.24) is 19.9 Å². The van der Waals surface area contributed by atoms with E-state index in [2.05, 4.69) is 33.2 Å². The van der Waals surface area contributed by atoms with Crippen molar-refractivity contribution in [2.24, 2.45) is 0 Å². The van der Waals surface area contributed by atoms with Gasteiger partial charge in [0, 0.05) is 17.1 Å². The number of rotatable bonds is 2. The van der Waals surface area contributed by atoms with Gasteiger partial charge >= 0.3 is 0 Å². The van der Waals surface area contributed by atoms with E-state index in [0.717, 1.165) is 27.1 Å². The molecule has 2 aromatic heterocycles. The summed E-state index contributed by atoms with van der Waals surface area (Å²) in [6.45, 7) is 0. The van der Waals surface area contributed by atoms with E-state index in [9.17, 15) is 0 Å². The summed E-state index contributed by atoms with van der Waals surface area (Å²) in [7, 11) is 0. The molecule has 128 valence electrons. The van der Waals surface area contributed by atoms with Crippen LogP contribution in [0.2, 0.25) is 5.28 Å². The molecule has 0 unspecified atom stereocenters. The summed E-state index contributed by atoms with van der Waals surface area (Å²) in [6, 6.07) is 24.2. The lowest BCUT2D eigenvalue weighted by molar-refractivity contribution is 1.06. The van der Waals surface area contributed by atoms with Gasteiger partial charge in [-0.2, -0.15) is 9.97 Å². The largest absolute Gasteiger partial charge is 0.252 e. The third-order valence-corrected chi connectivity index (χ3v) is 4.69. The molecule has 5 rings (SSSR count). The van der Waals surface area contributed by atoms with Crippen molar-refractivity contribution in [2.75, 3.05) is 0 Å². The van der Waals surface area contributed by atoms with Crippen molar-refractivity contribution in [2.45, 2.75) is 0 Å². The third-order valence-electron chi connectivity index (χ3n) is 4.52. The Balaban J connectivity index is 1.76. The Bertz CT molecular complexity index is 1190. The zero-order valence-electron chi connectivity index (χ0n) is 14.2. The van der Waals surface area contributed by atoms with Crippen LogP contribution in [0.1, 0.15) is 0 Å². The van der Waals surface area contributed by atoms with Crippen molar-refractivity contribution < 1.29 is 0 Å². The highest BCUT2D eigenvalue weighted by Gasteiger charge is 2.14. The minimum Gasteiger partial charge on any atom is -0.252 e. The van der Waals surface area contributed by atoms with E-state index in [4.69, 9.17) is 16.6 Å². The maximum absolute atomic E-state index is 6.26. The fourth-order valence-corrected chi connectivity index (χ4v) is 3.45. The van der Waals surface area contributed by atoms with Gasteiger partial charge in [-0.05, 0) is 33.8 Å². The lowest BCUT2D eigenvalue weighted by Gasteiger charge is -2.08. The van der Waals surface area contributed by atoms with Crippen LogP contribution in [0.25, 0.3) is 44.5 Å². The first-order valence-corrected chi connectivity index (χ1v) is 8.91. The average molecular weight is 369 g/mol. The zero-order chi connectivity index (χ0) is 18.2. The van der Waals surface area contributed by atoms with Gasteiger partial charge in [0.15, 0.2) is 11.6 Å². The molecular formula is C22H13ClN4. The molecule has 27 heavy (non-hydrogen) atoms. The Morgan fingerprint density at radius 2 is 1.26 bits per heavy atom. The van der Waals surface area contributed by atoms with E-state index in [0.29, 0.717) is 17.3 Å². The number of fused-ring (bicyclic) bond motifs is 2. The first-order chi connectivity index (χ1) is 13.3. The molecule has 5 heteroatoms. The van der Waals surface area contributed by atoms with Crippen LogP contribution in [-0.2, 0) is 0 Å². The molecule has 0 fully saturated rings. The van der Waals surface area contributed by atoms with E-state index in [1.807, 2.05) is 54.6 Å². The second kappa shape index (κ2) is 6.41. The Morgan fingerprint density at radius 3 is 2.11 bits per heavy atom. The second-order valence-electron chi connectivity index (χ2n) is 6.16. The molecule has 0 saturated heterocycles. The Kier molecular flexibility index (Phi) is 3.77. The number of nitrogens with zero attached hydrogens (tertiary/aromatic N) is 4. The number of hydrogen-bond donors (Lipinski definition) is 0. The van der Waals surface area contributed by atoms with Crippen LogP contribution >= 0.6 is 11.6 Å². The molecule has 2 heterocycles. The van der Waals surface area contributed by atoms with Crippen molar-refractivity contribution >= 4 is 33.1 Å². The van der Waals surface area contributed by atoms with Gasteiger partial charge < -0.3 is 0 Å². The van der Waals surface area contributed by atoms with Crippen LogP contribution in [0.15, 0.2) is 79.0 Å². The highest BCUT2D eigenvalue weighted by atomic mass is 35.5. The van der Waals surface area contributed by atoms with E-state index >= 15 is 0 Å². The lowest BCUT2D eigenvalue weighted by Crippen LogP contribution is -1.99. The Labute approximate surface area is 160 Å². The SMILES string of the molecule is Clc1nc(-c2cccc3ccccc23)nc(-c2nccc3ccccc23)n1. The fourth-order valence-electron chi connectivity index (χ4n) is 3.29. The molecule has 0 aliphatic heterocycles. The van der Waals surface area contributed by atoms with Crippen LogP contribution in [0.3, 0.4) is 0 Å². The molecular weight excluding hydrogens is 356 g/mol. The molecule has 0 bridgehead atoms. The summed E-state index contributed by atoms with van der Waals surface area (Å²) < 4.78 is 0. The van der Waals surface area contributed by atoms with Gasteiger partial charge in [0.2, 0.25) is 5.28 Å². The first-order valence-electron chi connectivity index (χ1n) is 8.53. The van der Waals surface area contributed by atoms with E-state index in [-0.39, 0.29) is 5.28 Å². The zero-order valence-corrected chi connectivity index (χ0v) is 14.9. The molecule has 0 atom stereocenters. The van der Waals surface area contributed by atoms with Crippen LogP contribution in [0.5, 0.6) is 0 Å². The molecule has 0 saturated carbocycles. The minimum atomic E-state index is 0.151. The molecule has 0 N–H and O–H groups in total.